The number of amides is 1. The van der Waals surface area contributed by atoms with Gasteiger partial charge in [-0.25, -0.2) is 4.98 Å². The van der Waals surface area contributed by atoms with E-state index in [-0.39, 0.29) is 5.91 Å². The van der Waals surface area contributed by atoms with Gasteiger partial charge in [0, 0.05) is 37.2 Å². The van der Waals surface area contributed by atoms with Crippen molar-refractivity contribution in [3.05, 3.63) is 95.9 Å². The lowest BCUT2D eigenvalue weighted by Crippen LogP contribution is -2.12. The fraction of sp³-hybridized carbons (Fsp3) is 0.125. The normalized spacial score (nSPS) is 10.6. The summed E-state index contributed by atoms with van der Waals surface area (Å²) in [6, 6.07) is 19.6. The molecule has 0 atom stereocenters. The van der Waals surface area contributed by atoms with Crippen LogP contribution in [0.3, 0.4) is 0 Å². The van der Waals surface area contributed by atoms with Gasteiger partial charge in [0.1, 0.15) is 5.82 Å². The summed E-state index contributed by atoms with van der Waals surface area (Å²) in [5.74, 6) is 0.538. The highest BCUT2D eigenvalue weighted by Crippen LogP contribution is 2.20. The van der Waals surface area contributed by atoms with Gasteiger partial charge >= 0.3 is 0 Å². The van der Waals surface area contributed by atoms with Crippen molar-refractivity contribution in [3.8, 4) is 11.1 Å². The third-order valence-electron chi connectivity index (χ3n) is 4.77. The Hall–Kier alpha value is -3.93. The number of carbonyl (C=O) groups excluding carboxylic acids is 1. The molecule has 6 nitrogen and oxygen atoms in total. The minimum atomic E-state index is -0.179. The van der Waals surface area contributed by atoms with Crippen molar-refractivity contribution in [2.24, 2.45) is 7.05 Å². The number of benzene rings is 2. The third-order valence-corrected chi connectivity index (χ3v) is 4.77. The van der Waals surface area contributed by atoms with Crippen LogP contribution >= 0.6 is 0 Å². The average Bonchev–Trinajstić information content (AvgIpc) is 3.21. The fourth-order valence-electron chi connectivity index (χ4n) is 3.10. The van der Waals surface area contributed by atoms with Gasteiger partial charge < -0.3 is 10.6 Å². The Morgan fingerprint density at radius 1 is 1.00 bits per heavy atom. The number of aromatic nitrogens is 3. The van der Waals surface area contributed by atoms with Crippen molar-refractivity contribution in [1.29, 1.82) is 0 Å². The van der Waals surface area contributed by atoms with E-state index in [1.165, 1.54) is 0 Å². The minimum Gasteiger partial charge on any atom is -0.366 e. The maximum Gasteiger partial charge on any atom is 0.257 e. The molecule has 0 aliphatic heterocycles. The summed E-state index contributed by atoms with van der Waals surface area (Å²) < 4.78 is 1.79. The van der Waals surface area contributed by atoms with Crippen LogP contribution in [0.4, 0.5) is 11.5 Å². The van der Waals surface area contributed by atoms with E-state index in [0.717, 1.165) is 27.9 Å². The summed E-state index contributed by atoms with van der Waals surface area (Å²) in [4.78, 5) is 16.8. The first-order chi connectivity index (χ1) is 14.6. The minimum absolute atomic E-state index is 0.179. The molecule has 0 aliphatic carbocycles. The van der Waals surface area contributed by atoms with E-state index in [1.54, 1.807) is 16.9 Å². The van der Waals surface area contributed by atoms with Crippen molar-refractivity contribution < 1.29 is 4.79 Å². The van der Waals surface area contributed by atoms with Crippen molar-refractivity contribution in [1.82, 2.24) is 14.8 Å². The van der Waals surface area contributed by atoms with Crippen LogP contribution in [-0.2, 0) is 13.6 Å². The van der Waals surface area contributed by atoms with Gasteiger partial charge in [-0.2, -0.15) is 5.10 Å². The zero-order chi connectivity index (χ0) is 20.9. The topological polar surface area (TPSA) is 71.8 Å². The number of pyridine rings is 1. The first-order valence-electron chi connectivity index (χ1n) is 9.73. The average molecular weight is 397 g/mol. The molecule has 2 aromatic heterocycles. The predicted octanol–water partition coefficient (Wildman–Crippen LogP) is 4.65. The summed E-state index contributed by atoms with van der Waals surface area (Å²) >= 11 is 0. The highest BCUT2D eigenvalue weighted by molar-refractivity contribution is 6.04. The number of nitrogens with one attached hydrogen (secondary N) is 2. The summed E-state index contributed by atoms with van der Waals surface area (Å²) in [5.41, 5.74) is 5.77. The SMILES string of the molecule is Cc1ccc(NC(=O)c2ccc(NCc3cccc(-c4cnn(C)c4)c3)nc2)cc1. The van der Waals surface area contributed by atoms with E-state index in [9.17, 15) is 4.79 Å². The molecule has 4 rings (SSSR count). The van der Waals surface area contributed by atoms with Gasteiger partial charge in [0.05, 0.1) is 11.8 Å². The molecule has 2 aromatic carbocycles. The second-order valence-electron chi connectivity index (χ2n) is 7.21. The van der Waals surface area contributed by atoms with Gasteiger partial charge in [0.25, 0.3) is 5.91 Å². The molecule has 0 saturated carbocycles. The standard InChI is InChI=1S/C24H23N5O/c1-17-6-9-22(10-7-17)28-24(30)20-8-11-23(26-14-20)25-13-18-4-3-5-19(12-18)21-15-27-29(2)16-21/h3-12,14-16H,13H2,1-2H3,(H,25,26)(H,28,30). The van der Waals surface area contributed by atoms with Gasteiger partial charge in [0.15, 0.2) is 0 Å². The van der Waals surface area contributed by atoms with E-state index >= 15 is 0 Å². The van der Waals surface area contributed by atoms with Crippen molar-refractivity contribution >= 4 is 17.4 Å². The summed E-state index contributed by atoms with van der Waals surface area (Å²) in [6.07, 6.45) is 5.43. The van der Waals surface area contributed by atoms with Crippen LogP contribution in [0.15, 0.2) is 79.3 Å². The fourth-order valence-corrected chi connectivity index (χ4v) is 3.10. The van der Waals surface area contributed by atoms with E-state index < -0.39 is 0 Å². The van der Waals surface area contributed by atoms with Gasteiger partial charge in [-0.3, -0.25) is 9.48 Å². The Morgan fingerprint density at radius 3 is 2.53 bits per heavy atom. The van der Waals surface area contributed by atoms with Crippen molar-refractivity contribution in [2.45, 2.75) is 13.5 Å². The second-order valence-corrected chi connectivity index (χ2v) is 7.21. The predicted molar refractivity (Wildman–Crippen MR) is 119 cm³/mol. The van der Waals surface area contributed by atoms with Crippen molar-refractivity contribution in [3.63, 3.8) is 0 Å². The summed E-state index contributed by atoms with van der Waals surface area (Å²) in [5, 5.41) is 10.4. The summed E-state index contributed by atoms with van der Waals surface area (Å²) in [6.45, 7) is 2.65. The maximum atomic E-state index is 12.4. The number of hydrogen-bond donors (Lipinski definition) is 2. The van der Waals surface area contributed by atoms with E-state index in [0.29, 0.717) is 17.9 Å². The third kappa shape index (κ3) is 4.72. The molecule has 30 heavy (non-hydrogen) atoms. The van der Waals surface area contributed by atoms with Gasteiger partial charge in [-0.1, -0.05) is 35.9 Å². The van der Waals surface area contributed by atoms with Crippen LogP contribution in [0.2, 0.25) is 0 Å². The van der Waals surface area contributed by atoms with Crippen LogP contribution in [-0.4, -0.2) is 20.7 Å². The van der Waals surface area contributed by atoms with Gasteiger partial charge in [-0.05, 0) is 48.4 Å². The first kappa shape index (κ1) is 19.4. The van der Waals surface area contributed by atoms with Crippen molar-refractivity contribution in [2.75, 3.05) is 10.6 Å². The molecule has 0 aliphatic rings. The molecule has 0 spiro atoms. The Bertz CT molecular complexity index is 1150. The molecule has 2 heterocycles. The molecule has 1 amide bonds. The van der Waals surface area contributed by atoms with E-state index in [4.69, 9.17) is 0 Å². The smallest absolute Gasteiger partial charge is 0.257 e. The highest BCUT2D eigenvalue weighted by Gasteiger charge is 2.07. The molecule has 0 bridgehead atoms. The number of aryl methyl sites for hydroxylation is 2. The monoisotopic (exact) mass is 397 g/mol. The Balaban J connectivity index is 1.37. The summed E-state index contributed by atoms with van der Waals surface area (Å²) in [7, 11) is 1.91. The lowest BCUT2D eigenvalue weighted by molar-refractivity contribution is 0.102. The molecule has 0 saturated heterocycles. The number of carbonyl (C=O) groups is 1. The molecule has 6 heteroatoms. The maximum absolute atomic E-state index is 12.4. The molecule has 2 N–H and O–H groups in total. The van der Waals surface area contributed by atoms with E-state index in [2.05, 4.69) is 38.9 Å². The second kappa shape index (κ2) is 8.61. The van der Waals surface area contributed by atoms with Crippen LogP contribution in [0.1, 0.15) is 21.5 Å². The zero-order valence-electron chi connectivity index (χ0n) is 17.0. The lowest BCUT2D eigenvalue weighted by atomic mass is 10.1. The lowest BCUT2D eigenvalue weighted by Gasteiger charge is -2.09. The molecular formula is C24H23N5O. The molecular weight excluding hydrogens is 374 g/mol. The Morgan fingerprint density at radius 2 is 1.83 bits per heavy atom. The molecule has 0 radical (unpaired) electrons. The highest BCUT2D eigenvalue weighted by atomic mass is 16.1. The molecule has 0 unspecified atom stereocenters. The van der Waals surface area contributed by atoms with Crippen LogP contribution in [0.5, 0.6) is 0 Å². The number of rotatable bonds is 6. The Labute approximate surface area is 175 Å². The molecule has 150 valence electrons. The van der Waals surface area contributed by atoms with Crippen LogP contribution < -0.4 is 10.6 Å². The van der Waals surface area contributed by atoms with Crippen LogP contribution in [0, 0.1) is 6.92 Å². The molecule has 0 fully saturated rings. The number of anilines is 2. The largest absolute Gasteiger partial charge is 0.366 e. The van der Waals surface area contributed by atoms with Gasteiger partial charge in [-0.15, -0.1) is 0 Å². The quantitative estimate of drug-likeness (QED) is 0.497. The first-order valence-corrected chi connectivity index (χ1v) is 9.73. The van der Waals surface area contributed by atoms with Gasteiger partial charge in [0.2, 0.25) is 0 Å². The van der Waals surface area contributed by atoms with Crippen LogP contribution in [0.25, 0.3) is 11.1 Å². The van der Waals surface area contributed by atoms with E-state index in [1.807, 2.05) is 62.8 Å². The zero-order valence-corrected chi connectivity index (χ0v) is 17.0. The Kier molecular flexibility index (Phi) is 5.57. The molecule has 4 aromatic rings. The number of nitrogens with zero attached hydrogens (tertiary/aromatic N) is 3. The number of hydrogen-bond acceptors (Lipinski definition) is 4.